The summed E-state index contributed by atoms with van der Waals surface area (Å²) in [5, 5.41) is 0. The van der Waals surface area contributed by atoms with Crippen LogP contribution in [0.5, 0.6) is 0 Å². The molecule has 1 rings (SSSR count). The van der Waals surface area contributed by atoms with Gasteiger partial charge < -0.3 is 5.73 Å². The molecule has 1 atom stereocenters. The zero-order valence-corrected chi connectivity index (χ0v) is 7.00. The minimum Gasteiger partial charge on any atom is -0.319 e. The monoisotopic (exact) mass is 169 g/mol. The molecule has 3 nitrogen and oxygen atoms in total. The number of hydrogen-bond acceptors (Lipinski definition) is 3. The molecule has 0 aliphatic carbocycles. The molecular formula is C8H12FN3. The number of nitrogens with two attached hydrogens (primary N) is 1. The zero-order chi connectivity index (χ0) is 9.03. The van der Waals surface area contributed by atoms with Crippen molar-refractivity contribution in [1.82, 2.24) is 9.97 Å². The molecule has 1 unspecified atom stereocenters. The summed E-state index contributed by atoms with van der Waals surface area (Å²) in [6.45, 7) is 1.27. The Labute approximate surface area is 70.8 Å². The van der Waals surface area contributed by atoms with Crippen LogP contribution in [0.1, 0.15) is 19.2 Å². The molecule has 2 N–H and O–H groups in total. The number of aromatic nitrogens is 2. The van der Waals surface area contributed by atoms with Crippen LogP contribution in [0.2, 0.25) is 0 Å². The Morgan fingerprint density at radius 1 is 1.50 bits per heavy atom. The van der Waals surface area contributed by atoms with Crippen LogP contribution in [0, 0.1) is 0 Å². The van der Waals surface area contributed by atoms with Crippen molar-refractivity contribution < 1.29 is 4.39 Å². The molecule has 0 aromatic carbocycles. The SMILES string of the molecule is CC(N)(CCF)c1ncccn1. The molecule has 0 radical (unpaired) electrons. The van der Waals surface area contributed by atoms with E-state index in [1.165, 1.54) is 0 Å². The molecule has 0 aliphatic rings. The van der Waals surface area contributed by atoms with Gasteiger partial charge in [-0.3, -0.25) is 4.39 Å². The number of alkyl halides is 1. The smallest absolute Gasteiger partial charge is 0.147 e. The van der Waals surface area contributed by atoms with E-state index in [9.17, 15) is 4.39 Å². The van der Waals surface area contributed by atoms with Gasteiger partial charge in [-0.15, -0.1) is 0 Å². The van der Waals surface area contributed by atoms with Crippen molar-refractivity contribution in [2.45, 2.75) is 18.9 Å². The van der Waals surface area contributed by atoms with Gasteiger partial charge >= 0.3 is 0 Å². The molecule has 0 saturated carbocycles. The summed E-state index contributed by atoms with van der Waals surface area (Å²) >= 11 is 0. The number of hydrogen-bond donors (Lipinski definition) is 1. The molecular weight excluding hydrogens is 157 g/mol. The van der Waals surface area contributed by atoms with Gasteiger partial charge in [0.15, 0.2) is 0 Å². The minimum atomic E-state index is -0.754. The second-order valence-corrected chi connectivity index (χ2v) is 2.93. The van der Waals surface area contributed by atoms with Crippen molar-refractivity contribution in [2.75, 3.05) is 6.67 Å². The van der Waals surface area contributed by atoms with Gasteiger partial charge in [-0.1, -0.05) is 0 Å². The quantitative estimate of drug-likeness (QED) is 0.734. The molecule has 66 valence electrons. The molecule has 0 fully saturated rings. The van der Waals surface area contributed by atoms with Gasteiger partial charge in [-0.05, 0) is 13.0 Å². The lowest BCUT2D eigenvalue weighted by molar-refractivity contribution is 0.350. The van der Waals surface area contributed by atoms with E-state index >= 15 is 0 Å². The van der Waals surface area contributed by atoms with Crippen molar-refractivity contribution in [2.24, 2.45) is 5.73 Å². The summed E-state index contributed by atoms with van der Waals surface area (Å²) in [5.41, 5.74) is 5.03. The lowest BCUT2D eigenvalue weighted by Gasteiger charge is -2.20. The summed E-state index contributed by atoms with van der Waals surface area (Å²) in [6.07, 6.45) is 3.45. The second-order valence-electron chi connectivity index (χ2n) is 2.93. The van der Waals surface area contributed by atoms with Crippen LogP contribution in [-0.4, -0.2) is 16.6 Å². The highest BCUT2D eigenvalue weighted by atomic mass is 19.1. The topological polar surface area (TPSA) is 51.8 Å². The average molecular weight is 169 g/mol. The van der Waals surface area contributed by atoms with Crippen LogP contribution < -0.4 is 5.73 Å². The summed E-state index contributed by atoms with van der Waals surface area (Å²) in [5.74, 6) is 0.489. The Balaban J connectivity index is 2.82. The van der Waals surface area contributed by atoms with E-state index in [1.54, 1.807) is 25.4 Å². The average Bonchev–Trinajstić information content (AvgIpc) is 2.06. The third-order valence-electron chi connectivity index (χ3n) is 1.69. The predicted molar refractivity (Wildman–Crippen MR) is 44.2 cm³/mol. The summed E-state index contributed by atoms with van der Waals surface area (Å²) in [7, 11) is 0. The van der Waals surface area contributed by atoms with Crippen LogP contribution in [0.3, 0.4) is 0 Å². The lowest BCUT2D eigenvalue weighted by Crippen LogP contribution is -2.35. The Hall–Kier alpha value is -1.03. The molecule has 1 aromatic rings. The van der Waals surface area contributed by atoms with E-state index < -0.39 is 12.2 Å². The fraction of sp³-hybridized carbons (Fsp3) is 0.500. The standard InChI is InChI=1S/C8H12FN3/c1-8(10,3-4-9)7-11-5-2-6-12-7/h2,5-6H,3-4,10H2,1H3. The molecule has 1 aromatic heterocycles. The lowest BCUT2D eigenvalue weighted by atomic mass is 9.99. The first kappa shape index (κ1) is 9.06. The zero-order valence-electron chi connectivity index (χ0n) is 7.00. The van der Waals surface area contributed by atoms with E-state index in [0.29, 0.717) is 5.82 Å². The number of halogens is 1. The molecule has 4 heteroatoms. The summed E-state index contributed by atoms with van der Waals surface area (Å²) < 4.78 is 12.0. The van der Waals surface area contributed by atoms with E-state index in [2.05, 4.69) is 9.97 Å². The van der Waals surface area contributed by atoms with Crippen molar-refractivity contribution >= 4 is 0 Å². The first-order valence-corrected chi connectivity index (χ1v) is 3.79. The van der Waals surface area contributed by atoms with Crippen LogP contribution >= 0.6 is 0 Å². The molecule has 0 aliphatic heterocycles. The second kappa shape index (κ2) is 3.58. The third-order valence-corrected chi connectivity index (χ3v) is 1.69. The number of nitrogens with zero attached hydrogens (tertiary/aromatic N) is 2. The fourth-order valence-electron chi connectivity index (χ4n) is 0.902. The highest BCUT2D eigenvalue weighted by molar-refractivity contribution is 5.02. The Kier molecular flexibility index (Phi) is 2.70. The van der Waals surface area contributed by atoms with E-state index in [1.807, 2.05) is 0 Å². The van der Waals surface area contributed by atoms with Crippen LogP contribution in [0.4, 0.5) is 4.39 Å². The molecule has 12 heavy (non-hydrogen) atoms. The summed E-state index contributed by atoms with van der Waals surface area (Å²) in [4.78, 5) is 7.93. The maximum absolute atomic E-state index is 12.0. The maximum Gasteiger partial charge on any atom is 0.147 e. The van der Waals surface area contributed by atoms with Crippen molar-refractivity contribution in [3.8, 4) is 0 Å². The third kappa shape index (κ3) is 1.98. The first-order chi connectivity index (χ1) is 5.67. The molecule has 0 amide bonds. The minimum absolute atomic E-state index is 0.247. The largest absolute Gasteiger partial charge is 0.319 e. The van der Waals surface area contributed by atoms with Crippen LogP contribution in [-0.2, 0) is 5.54 Å². The van der Waals surface area contributed by atoms with Crippen LogP contribution in [0.25, 0.3) is 0 Å². The van der Waals surface area contributed by atoms with Crippen molar-refractivity contribution in [3.63, 3.8) is 0 Å². The Bertz CT molecular complexity index is 235. The maximum atomic E-state index is 12.0. The Morgan fingerprint density at radius 3 is 2.58 bits per heavy atom. The van der Waals surface area contributed by atoms with Gasteiger partial charge in [0.1, 0.15) is 5.82 Å². The highest BCUT2D eigenvalue weighted by Gasteiger charge is 2.23. The fourth-order valence-corrected chi connectivity index (χ4v) is 0.902. The first-order valence-electron chi connectivity index (χ1n) is 3.79. The molecule has 1 heterocycles. The van der Waals surface area contributed by atoms with Gasteiger partial charge in [0, 0.05) is 18.8 Å². The van der Waals surface area contributed by atoms with Gasteiger partial charge in [0.05, 0.1) is 12.2 Å². The van der Waals surface area contributed by atoms with Gasteiger partial charge in [-0.25, -0.2) is 9.97 Å². The van der Waals surface area contributed by atoms with E-state index in [4.69, 9.17) is 5.73 Å². The summed E-state index contributed by atoms with van der Waals surface area (Å²) in [6, 6.07) is 1.70. The van der Waals surface area contributed by atoms with Gasteiger partial charge in [-0.2, -0.15) is 0 Å². The number of rotatable bonds is 3. The van der Waals surface area contributed by atoms with Crippen LogP contribution in [0.15, 0.2) is 18.5 Å². The van der Waals surface area contributed by atoms with Gasteiger partial charge in [0.2, 0.25) is 0 Å². The van der Waals surface area contributed by atoms with E-state index in [0.717, 1.165) is 0 Å². The normalized spacial score (nSPS) is 15.6. The highest BCUT2D eigenvalue weighted by Crippen LogP contribution is 2.16. The molecule has 0 spiro atoms. The van der Waals surface area contributed by atoms with E-state index in [-0.39, 0.29) is 6.42 Å². The molecule has 0 saturated heterocycles. The predicted octanol–water partition coefficient (Wildman–Crippen LogP) is 1.01. The molecule has 0 bridgehead atoms. The van der Waals surface area contributed by atoms with Crippen molar-refractivity contribution in [3.05, 3.63) is 24.3 Å². The van der Waals surface area contributed by atoms with Crippen molar-refractivity contribution in [1.29, 1.82) is 0 Å². The Morgan fingerprint density at radius 2 is 2.08 bits per heavy atom. The van der Waals surface area contributed by atoms with Gasteiger partial charge in [0.25, 0.3) is 0 Å².